The summed E-state index contributed by atoms with van der Waals surface area (Å²) in [4.78, 5) is 0.0875. The van der Waals surface area contributed by atoms with E-state index in [0.29, 0.717) is 11.3 Å². The number of hydrogen-bond donors (Lipinski definition) is 1. The van der Waals surface area contributed by atoms with Crippen molar-refractivity contribution in [2.75, 3.05) is 5.32 Å². The zero-order valence-electron chi connectivity index (χ0n) is 13.1. The molecule has 0 spiro atoms. The normalized spacial score (nSPS) is 12.0. The van der Waals surface area contributed by atoms with Crippen LogP contribution in [-0.4, -0.2) is 14.3 Å². The van der Waals surface area contributed by atoms with Gasteiger partial charge in [0.05, 0.1) is 4.90 Å². The zero-order chi connectivity index (χ0) is 17.7. The van der Waals surface area contributed by atoms with Crippen LogP contribution in [0, 0.1) is 5.82 Å². The van der Waals surface area contributed by atoms with Crippen LogP contribution in [0.25, 0.3) is 0 Å². The molecule has 0 heterocycles. The van der Waals surface area contributed by atoms with Crippen LogP contribution in [0.15, 0.2) is 94.2 Å². The van der Waals surface area contributed by atoms with Gasteiger partial charge in [-0.05, 0) is 30.3 Å². The first-order chi connectivity index (χ1) is 12.0. The molecule has 6 heteroatoms. The highest BCUT2D eigenvalue weighted by Crippen LogP contribution is 2.16. The quantitative estimate of drug-likeness (QED) is 0.567. The summed E-state index contributed by atoms with van der Waals surface area (Å²) in [5.41, 5.74) is 0.983. The molecule has 0 aliphatic rings. The third kappa shape index (κ3) is 4.30. The molecule has 1 N–H and O–H groups in total. The minimum absolute atomic E-state index is 0.0875. The van der Waals surface area contributed by atoms with E-state index >= 15 is 0 Å². The Labute approximate surface area is 145 Å². The number of anilines is 1. The Hall–Kier alpha value is -2.99. The average Bonchev–Trinajstić information content (AvgIpc) is 2.63. The van der Waals surface area contributed by atoms with Crippen molar-refractivity contribution in [1.29, 1.82) is 0 Å². The second kappa shape index (κ2) is 7.27. The Kier molecular flexibility index (Phi) is 4.90. The maximum absolute atomic E-state index is 13.4. The number of nitrogens with zero attached hydrogens (tertiary/aromatic N) is 1. The molecule has 0 amide bonds. The second-order valence-corrected chi connectivity index (χ2v) is 6.83. The predicted octanol–water partition coefficient (Wildman–Crippen LogP) is 4.07. The molecule has 0 fully saturated rings. The number of nitrogens with one attached hydrogen (secondary N) is 1. The van der Waals surface area contributed by atoms with Gasteiger partial charge in [0.15, 0.2) is 5.84 Å². The molecular formula is C19H15FN2O2S. The Balaban J connectivity index is 2.05. The summed E-state index contributed by atoms with van der Waals surface area (Å²) < 4.78 is 42.5. The lowest BCUT2D eigenvalue weighted by Crippen LogP contribution is -2.16. The molecule has 0 radical (unpaired) electrons. The van der Waals surface area contributed by atoms with E-state index in [0.717, 1.165) is 0 Å². The number of sulfonamides is 1. The lowest BCUT2D eigenvalue weighted by Gasteiger charge is -2.11. The molecule has 0 aliphatic heterocycles. The van der Waals surface area contributed by atoms with E-state index in [9.17, 15) is 12.8 Å². The Morgan fingerprint density at radius 3 is 2.12 bits per heavy atom. The first-order valence-electron chi connectivity index (χ1n) is 7.53. The van der Waals surface area contributed by atoms with Gasteiger partial charge in [0, 0.05) is 11.3 Å². The minimum atomic E-state index is -3.91. The number of hydrogen-bond acceptors (Lipinski definition) is 2. The number of rotatable bonds is 4. The summed E-state index contributed by atoms with van der Waals surface area (Å²) in [6.07, 6.45) is 0. The summed E-state index contributed by atoms with van der Waals surface area (Å²) in [6.45, 7) is 0. The van der Waals surface area contributed by atoms with Gasteiger partial charge >= 0.3 is 0 Å². The van der Waals surface area contributed by atoms with E-state index in [1.807, 2.05) is 6.07 Å². The van der Waals surface area contributed by atoms with Crippen LogP contribution in [-0.2, 0) is 10.0 Å². The minimum Gasteiger partial charge on any atom is -0.339 e. The topological polar surface area (TPSA) is 58.5 Å². The highest BCUT2D eigenvalue weighted by atomic mass is 32.2. The fourth-order valence-electron chi connectivity index (χ4n) is 2.21. The van der Waals surface area contributed by atoms with Crippen LogP contribution in [0.3, 0.4) is 0 Å². The second-order valence-electron chi connectivity index (χ2n) is 5.23. The van der Waals surface area contributed by atoms with Gasteiger partial charge in [-0.15, -0.1) is 4.40 Å². The van der Waals surface area contributed by atoms with Crippen molar-refractivity contribution in [3.8, 4) is 0 Å². The Morgan fingerprint density at radius 2 is 1.48 bits per heavy atom. The van der Waals surface area contributed by atoms with Crippen LogP contribution in [0.5, 0.6) is 0 Å². The highest BCUT2D eigenvalue weighted by Gasteiger charge is 2.15. The molecule has 3 rings (SSSR count). The zero-order valence-corrected chi connectivity index (χ0v) is 13.9. The summed E-state index contributed by atoms with van der Waals surface area (Å²) in [5, 5.41) is 2.89. The molecule has 0 unspecified atom stereocenters. The van der Waals surface area contributed by atoms with Gasteiger partial charge in [-0.1, -0.05) is 54.6 Å². The van der Waals surface area contributed by atoms with Crippen molar-refractivity contribution in [1.82, 2.24) is 0 Å². The van der Waals surface area contributed by atoms with Crippen LogP contribution in [0.2, 0.25) is 0 Å². The Bertz CT molecular complexity index is 988. The maximum Gasteiger partial charge on any atom is 0.284 e. The van der Waals surface area contributed by atoms with Gasteiger partial charge in [0.25, 0.3) is 10.0 Å². The van der Waals surface area contributed by atoms with Crippen molar-refractivity contribution in [3.63, 3.8) is 0 Å². The molecule has 126 valence electrons. The predicted molar refractivity (Wildman–Crippen MR) is 96.6 cm³/mol. The van der Waals surface area contributed by atoms with E-state index in [2.05, 4.69) is 9.71 Å². The third-order valence-corrected chi connectivity index (χ3v) is 4.68. The third-order valence-electron chi connectivity index (χ3n) is 3.39. The SMILES string of the molecule is O=S(=O)(N=C(Nc1cccc(F)c1)c1ccccc1)c1ccccc1. The van der Waals surface area contributed by atoms with Crippen molar-refractivity contribution in [2.45, 2.75) is 4.90 Å². The first kappa shape index (κ1) is 16.9. The van der Waals surface area contributed by atoms with Crippen LogP contribution >= 0.6 is 0 Å². The standard InChI is InChI=1S/C19H15FN2O2S/c20-16-10-7-11-17(14-16)21-19(15-8-3-1-4-9-15)22-25(23,24)18-12-5-2-6-13-18/h1-14H,(H,21,22). The average molecular weight is 354 g/mol. The molecule has 0 atom stereocenters. The molecular weight excluding hydrogens is 339 g/mol. The Morgan fingerprint density at radius 1 is 0.840 bits per heavy atom. The monoisotopic (exact) mass is 354 g/mol. The number of halogens is 1. The van der Waals surface area contributed by atoms with E-state index in [1.165, 1.54) is 30.3 Å². The molecule has 0 saturated carbocycles. The van der Waals surface area contributed by atoms with Crippen LogP contribution < -0.4 is 5.32 Å². The smallest absolute Gasteiger partial charge is 0.284 e. The van der Waals surface area contributed by atoms with Crippen molar-refractivity contribution < 1.29 is 12.8 Å². The molecule has 4 nitrogen and oxygen atoms in total. The number of benzene rings is 3. The van der Waals surface area contributed by atoms with E-state index < -0.39 is 15.8 Å². The van der Waals surface area contributed by atoms with Gasteiger partial charge in [0.2, 0.25) is 0 Å². The van der Waals surface area contributed by atoms with Crippen molar-refractivity contribution in [3.05, 3.63) is 96.3 Å². The van der Waals surface area contributed by atoms with Gasteiger partial charge in [-0.25, -0.2) is 4.39 Å². The lowest BCUT2D eigenvalue weighted by atomic mass is 10.2. The van der Waals surface area contributed by atoms with Gasteiger partial charge in [-0.2, -0.15) is 8.42 Å². The fraction of sp³-hybridized carbons (Fsp3) is 0. The number of amidine groups is 1. The van der Waals surface area contributed by atoms with Gasteiger partial charge in [0.1, 0.15) is 5.82 Å². The molecule has 3 aromatic carbocycles. The lowest BCUT2D eigenvalue weighted by molar-refractivity contribution is 0.598. The molecule has 0 bridgehead atoms. The molecule has 3 aromatic rings. The van der Waals surface area contributed by atoms with Crippen LogP contribution in [0.1, 0.15) is 5.56 Å². The van der Waals surface area contributed by atoms with Crippen LogP contribution in [0.4, 0.5) is 10.1 Å². The molecule has 25 heavy (non-hydrogen) atoms. The van der Waals surface area contributed by atoms with E-state index in [1.54, 1.807) is 48.5 Å². The fourth-order valence-corrected chi connectivity index (χ4v) is 3.21. The molecule has 0 aromatic heterocycles. The highest BCUT2D eigenvalue weighted by molar-refractivity contribution is 7.90. The summed E-state index contributed by atoms with van der Waals surface area (Å²) >= 11 is 0. The maximum atomic E-state index is 13.4. The van der Waals surface area contributed by atoms with E-state index in [-0.39, 0.29) is 10.7 Å². The molecule has 0 aliphatic carbocycles. The summed E-state index contributed by atoms with van der Waals surface area (Å²) in [5.74, 6) is -0.307. The van der Waals surface area contributed by atoms with Crippen molar-refractivity contribution >= 4 is 21.5 Å². The van der Waals surface area contributed by atoms with Gasteiger partial charge in [-0.3, -0.25) is 0 Å². The summed E-state index contributed by atoms with van der Waals surface area (Å²) in [7, 11) is -3.91. The molecule has 0 saturated heterocycles. The van der Waals surface area contributed by atoms with Crippen molar-refractivity contribution in [2.24, 2.45) is 4.40 Å². The summed E-state index contributed by atoms with van der Waals surface area (Å²) in [6, 6.07) is 22.5. The largest absolute Gasteiger partial charge is 0.339 e. The van der Waals surface area contributed by atoms with Gasteiger partial charge < -0.3 is 5.32 Å². The first-order valence-corrected chi connectivity index (χ1v) is 8.97. The van der Waals surface area contributed by atoms with E-state index in [4.69, 9.17) is 0 Å².